The molecule has 0 spiro atoms. The van der Waals surface area contributed by atoms with Gasteiger partial charge in [-0.25, -0.2) is 0 Å². The van der Waals surface area contributed by atoms with Crippen LogP contribution < -0.4 is 0 Å². The van der Waals surface area contributed by atoms with Crippen molar-refractivity contribution in [2.75, 3.05) is 6.61 Å². The van der Waals surface area contributed by atoms with Crippen LogP contribution >= 0.6 is 0 Å². The molecule has 2 heteroatoms. The normalized spacial score (nSPS) is 12.8. The first kappa shape index (κ1) is 10.9. The zero-order valence-corrected chi connectivity index (χ0v) is 9.76. The van der Waals surface area contributed by atoms with Crippen LogP contribution in [0.15, 0.2) is 48.5 Å². The highest BCUT2D eigenvalue weighted by Gasteiger charge is 2.25. The molecule has 0 saturated carbocycles. The summed E-state index contributed by atoms with van der Waals surface area (Å²) in [6.45, 7) is 0.00522. The van der Waals surface area contributed by atoms with Gasteiger partial charge in [-0.3, -0.25) is 4.79 Å². The second-order valence-corrected chi connectivity index (χ2v) is 4.26. The zero-order valence-electron chi connectivity index (χ0n) is 9.76. The number of aliphatic hydroxyl groups is 1. The molecule has 18 heavy (non-hydrogen) atoms. The van der Waals surface area contributed by atoms with Crippen molar-refractivity contribution in [1.82, 2.24) is 0 Å². The Kier molecular flexibility index (Phi) is 2.58. The Hall–Kier alpha value is -2.19. The number of fused-ring (bicyclic) bond motifs is 3. The van der Waals surface area contributed by atoms with Crippen molar-refractivity contribution >= 4 is 11.9 Å². The number of carbonyl (C=O) groups excluding carboxylic acids is 1. The van der Waals surface area contributed by atoms with E-state index in [9.17, 15) is 4.79 Å². The van der Waals surface area contributed by atoms with Crippen LogP contribution in [0.25, 0.3) is 17.2 Å². The molecular formula is C16H12O2. The third-order valence-electron chi connectivity index (χ3n) is 3.17. The standard InChI is InChI=1S/C16H12O2/c17-9-3-4-11-7-8-13-12-5-1-2-6-14(12)16(18)15(13)10-11/h1-8,10,17H,9H2. The van der Waals surface area contributed by atoms with Gasteiger partial charge in [-0.15, -0.1) is 0 Å². The van der Waals surface area contributed by atoms with Gasteiger partial charge in [0.15, 0.2) is 5.78 Å². The molecule has 0 fully saturated rings. The molecule has 88 valence electrons. The van der Waals surface area contributed by atoms with E-state index in [0.717, 1.165) is 27.8 Å². The number of carbonyl (C=O) groups is 1. The molecule has 1 N–H and O–H groups in total. The van der Waals surface area contributed by atoms with Gasteiger partial charge in [0, 0.05) is 11.1 Å². The third-order valence-corrected chi connectivity index (χ3v) is 3.17. The lowest BCUT2D eigenvalue weighted by Crippen LogP contribution is -1.94. The van der Waals surface area contributed by atoms with Crippen LogP contribution in [0.2, 0.25) is 0 Å². The molecule has 0 unspecified atom stereocenters. The highest BCUT2D eigenvalue weighted by molar-refractivity contribution is 6.21. The summed E-state index contributed by atoms with van der Waals surface area (Å²) in [6.07, 6.45) is 3.48. The smallest absolute Gasteiger partial charge is 0.194 e. The highest BCUT2D eigenvalue weighted by atomic mass is 16.2. The average molecular weight is 236 g/mol. The summed E-state index contributed by atoms with van der Waals surface area (Å²) < 4.78 is 0. The number of hydrogen-bond donors (Lipinski definition) is 1. The van der Waals surface area contributed by atoms with Crippen LogP contribution in [-0.2, 0) is 0 Å². The second-order valence-electron chi connectivity index (χ2n) is 4.26. The molecule has 1 aliphatic rings. The van der Waals surface area contributed by atoms with Gasteiger partial charge < -0.3 is 5.11 Å². The summed E-state index contributed by atoms with van der Waals surface area (Å²) in [7, 11) is 0. The van der Waals surface area contributed by atoms with Gasteiger partial charge in [-0.1, -0.05) is 48.6 Å². The summed E-state index contributed by atoms with van der Waals surface area (Å²) in [5.41, 5.74) is 4.46. The number of benzene rings is 2. The lowest BCUT2D eigenvalue weighted by molar-refractivity contribution is 0.104. The zero-order chi connectivity index (χ0) is 12.5. The summed E-state index contributed by atoms with van der Waals surface area (Å²) >= 11 is 0. The first-order chi connectivity index (χ1) is 8.81. The van der Waals surface area contributed by atoms with Crippen molar-refractivity contribution < 1.29 is 9.90 Å². The topological polar surface area (TPSA) is 37.3 Å². The Labute approximate surface area is 105 Å². The van der Waals surface area contributed by atoms with Gasteiger partial charge in [0.1, 0.15) is 0 Å². The largest absolute Gasteiger partial charge is 0.392 e. The summed E-state index contributed by atoms with van der Waals surface area (Å²) in [5, 5.41) is 8.76. The lowest BCUT2D eigenvalue weighted by atomic mass is 10.0. The molecule has 2 nitrogen and oxygen atoms in total. The van der Waals surface area contributed by atoms with Gasteiger partial charge in [-0.2, -0.15) is 0 Å². The molecule has 3 rings (SSSR count). The minimum atomic E-state index is 0.00522. The number of ketones is 1. The highest BCUT2D eigenvalue weighted by Crippen LogP contribution is 2.36. The summed E-state index contributed by atoms with van der Waals surface area (Å²) in [4.78, 5) is 12.2. The molecule has 0 aliphatic heterocycles. The SMILES string of the molecule is O=C1c2ccccc2-c2ccc(C=CCO)cc21. The number of rotatable bonds is 2. The maximum Gasteiger partial charge on any atom is 0.194 e. The predicted molar refractivity (Wildman–Crippen MR) is 71.4 cm³/mol. The molecule has 0 heterocycles. The summed E-state index contributed by atoms with van der Waals surface area (Å²) in [5.74, 6) is 0.0832. The van der Waals surface area contributed by atoms with Crippen LogP contribution in [0.4, 0.5) is 0 Å². The van der Waals surface area contributed by atoms with Crippen molar-refractivity contribution in [2.45, 2.75) is 0 Å². The van der Waals surface area contributed by atoms with Gasteiger partial charge in [0.05, 0.1) is 6.61 Å². The predicted octanol–water partition coefficient (Wildman–Crippen LogP) is 2.90. The lowest BCUT2D eigenvalue weighted by Gasteiger charge is -2.00. The van der Waals surface area contributed by atoms with Crippen molar-refractivity contribution in [2.24, 2.45) is 0 Å². The fourth-order valence-electron chi connectivity index (χ4n) is 2.34. The molecule has 0 aromatic heterocycles. The van der Waals surface area contributed by atoms with E-state index >= 15 is 0 Å². The van der Waals surface area contributed by atoms with Crippen LogP contribution in [0.5, 0.6) is 0 Å². The van der Waals surface area contributed by atoms with Gasteiger partial charge in [-0.05, 0) is 22.8 Å². The molecule has 0 atom stereocenters. The van der Waals surface area contributed by atoms with Crippen LogP contribution in [-0.4, -0.2) is 17.5 Å². The quantitative estimate of drug-likeness (QED) is 0.742. The first-order valence-electron chi connectivity index (χ1n) is 5.87. The number of hydrogen-bond acceptors (Lipinski definition) is 2. The van der Waals surface area contributed by atoms with Gasteiger partial charge >= 0.3 is 0 Å². The second kappa shape index (κ2) is 4.24. The van der Waals surface area contributed by atoms with Crippen molar-refractivity contribution in [3.63, 3.8) is 0 Å². The molecular weight excluding hydrogens is 224 g/mol. The van der Waals surface area contributed by atoms with Crippen LogP contribution in [0.1, 0.15) is 21.5 Å². The van der Waals surface area contributed by atoms with Crippen molar-refractivity contribution in [3.05, 3.63) is 65.2 Å². The van der Waals surface area contributed by atoms with Crippen LogP contribution in [0, 0.1) is 0 Å². The molecule has 2 aromatic carbocycles. The maximum absolute atomic E-state index is 12.2. The van der Waals surface area contributed by atoms with Gasteiger partial charge in [0.2, 0.25) is 0 Å². The summed E-state index contributed by atoms with van der Waals surface area (Å²) in [6, 6.07) is 13.5. The van der Waals surface area contributed by atoms with Crippen molar-refractivity contribution in [1.29, 1.82) is 0 Å². The Morgan fingerprint density at radius 1 is 0.944 bits per heavy atom. The molecule has 0 bridgehead atoms. The monoisotopic (exact) mass is 236 g/mol. The first-order valence-corrected chi connectivity index (χ1v) is 5.87. The Bertz CT molecular complexity index is 654. The number of aliphatic hydroxyl groups excluding tert-OH is 1. The van der Waals surface area contributed by atoms with Crippen LogP contribution in [0.3, 0.4) is 0 Å². The Balaban J connectivity index is 2.14. The maximum atomic E-state index is 12.2. The minimum Gasteiger partial charge on any atom is -0.392 e. The fourth-order valence-corrected chi connectivity index (χ4v) is 2.34. The molecule has 0 radical (unpaired) electrons. The van der Waals surface area contributed by atoms with E-state index in [0.29, 0.717) is 0 Å². The van der Waals surface area contributed by atoms with E-state index in [2.05, 4.69) is 0 Å². The fraction of sp³-hybridized carbons (Fsp3) is 0.0625. The van der Waals surface area contributed by atoms with Gasteiger partial charge in [0.25, 0.3) is 0 Å². The van der Waals surface area contributed by atoms with E-state index in [1.165, 1.54) is 0 Å². The average Bonchev–Trinajstić information content (AvgIpc) is 2.71. The van der Waals surface area contributed by atoms with E-state index < -0.39 is 0 Å². The molecule has 2 aromatic rings. The van der Waals surface area contributed by atoms with E-state index in [4.69, 9.17) is 5.11 Å². The van der Waals surface area contributed by atoms with E-state index in [1.54, 1.807) is 6.08 Å². The molecule has 0 saturated heterocycles. The third kappa shape index (κ3) is 1.59. The Morgan fingerprint density at radius 2 is 1.67 bits per heavy atom. The van der Waals surface area contributed by atoms with E-state index in [1.807, 2.05) is 48.5 Å². The van der Waals surface area contributed by atoms with E-state index in [-0.39, 0.29) is 12.4 Å². The van der Waals surface area contributed by atoms with Crippen molar-refractivity contribution in [3.8, 4) is 11.1 Å². The Morgan fingerprint density at radius 3 is 2.44 bits per heavy atom. The molecule has 0 amide bonds. The minimum absolute atomic E-state index is 0.00522. The molecule has 1 aliphatic carbocycles.